The fourth-order valence-electron chi connectivity index (χ4n) is 4.62. The monoisotopic (exact) mass is 596 g/mol. The summed E-state index contributed by atoms with van der Waals surface area (Å²) < 4.78 is 5.82. The van der Waals surface area contributed by atoms with E-state index in [1.165, 1.54) is 64.2 Å². The van der Waals surface area contributed by atoms with Crippen LogP contribution in [0.1, 0.15) is 149 Å². The van der Waals surface area contributed by atoms with Crippen LogP contribution >= 0.6 is 0 Å². The molecule has 0 saturated heterocycles. The minimum absolute atomic E-state index is 0.118. The van der Waals surface area contributed by atoms with Crippen molar-refractivity contribution in [2.75, 3.05) is 13.2 Å². The average Bonchev–Trinajstić information content (AvgIpc) is 2.97. The van der Waals surface area contributed by atoms with E-state index in [-0.39, 0.29) is 30.9 Å². The van der Waals surface area contributed by atoms with Crippen LogP contribution in [-0.4, -0.2) is 59.3 Å². The zero-order valence-electron chi connectivity index (χ0n) is 26.5. The minimum Gasteiger partial charge on any atom is -0.480 e. The Bertz CT molecular complexity index is 742. The van der Waals surface area contributed by atoms with Gasteiger partial charge in [0, 0.05) is 12.8 Å². The molecule has 2 unspecified atom stereocenters. The molecule has 0 fully saturated rings. The number of carbonyl (C=O) groups excluding carboxylic acids is 3. The van der Waals surface area contributed by atoms with Gasteiger partial charge in [0.15, 0.2) is 0 Å². The predicted molar refractivity (Wildman–Crippen MR) is 167 cm³/mol. The number of esters is 1. The van der Waals surface area contributed by atoms with Gasteiger partial charge in [-0.3, -0.25) is 14.4 Å². The van der Waals surface area contributed by atoms with E-state index in [1.54, 1.807) is 0 Å². The van der Waals surface area contributed by atoms with Crippen LogP contribution < -0.4 is 10.6 Å². The number of carbonyl (C=O) groups is 4. The van der Waals surface area contributed by atoms with Gasteiger partial charge in [0.25, 0.3) is 0 Å². The molecule has 0 aromatic carbocycles. The SMILES string of the molecule is CCCCCCCC/C=C\C(CCCCCCC(=O)NCC(=O)NC(CO)C(=O)O)OC(=O)CCCCCCCCC. The molecule has 0 aliphatic heterocycles. The molecule has 0 heterocycles. The van der Waals surface area contributed by atoms with Gasteiger partial charge in [0.1, 0.15) is 12.1 Å². The second-order valence-corrected chi connectivity index (χ2v) is 11.3. The van der Waals surface area contributed by atoms with E-state index in [4.69, 9.17) is 14.9 Å². The highest BCUT2D eigenvalue weighted by Crippen LogP contribution is 2.15. The van der Waals surface area contributed by atoms with Gasteiger partial charge in [0.2, 0.25) is 11.8 Å². The van der Waals surface area contributed by atoms with E-state index in [9.17, 15) is 19.2 Å². The Morgan fingerprint density at radius 3 is 1.86 bits per heavy atom. The number of amides is 2. The molecule has 0 aliphatic rings. The van der Waals surface area contributed by atoms with Crippen LogP contribution in [0.15, 0.2) is 12.2 Å². The Morgan fingerprint density at radius 2 is 1.26 bits per heavy atom. The fraction of sp³-hybridized carbons (Fsp3) is 0.818. The van der Waals surface area contributed by atoms with Gasteiger partial charge in [-0.05, 0) is 44.6 Å². The molecule has 42 heavy (non-hydrogen) atoms. The van der Waals surface area contributed by atoms with E-state index in [0.717, 1.165) is 51.4 Å². The molecule has 0 aliphatic carbocycles. The molecule has 4 N–H and O–H groups in total. The average molecular weight is 597 g/mol. The summed E-state index contributed by atoms with van der Waals surface area (Å²) in [5.41, 5.74) is 0. The summed E-state index contributed by atoms with van der Waals surface area (Å²) >= 11 is 0. The summed E-state index contributed by atoms with van der Waals surface area (Å²) in [5.74, 6) is -2.40. The van der Waals surface area contributed by atoms with Crippen LogP contribution in [-0.2, 0) is 23.9 Å². The van der Waals surface area contributed by atoms with E-state index < -0.39 is 24.5 Å². The Kier molecular flexibility index (Phi) is 27.0. The molecule has 0 aromatic rings. The second-order valence-electron chi connectivity index (χ2n) is 11.3. The first kappa shape index (κ1) is 39.6. The van der Waals surface area contributed by atoms with Gasteiger partial charge in [-0.1, -0.05) is 103 Å². The molecule has 0 rings (SSSR count). The number of nitrogens with one attached hydrogen (secondary N) is 2. The number of carboxylic acid groups (broad SMARTS) is 1. The van der Waals surface area contributed by atoms with Crippen molar-refractivity contribution >= 4 is 23.8 Å². The van der Waals surface area contributed by atoms with Gasteiger partial charge in [-0.15, -0.1) is 0 Å². The molecule has 0 radical (unpaired) electrons. The summed E-state index contributed by atoms with van der Waals surface area (Å²) in [6.45, 7) is 3.38. The van der Waals surface area contributed by atoms with E-state index in [0.29, 0.717) is 12.8 Å². The van der Waals surface area contributed by atoms with E-state index in [2.05, 4.69) is 36.6 Å². The largest absolute Gasteiger partial charge is 0.480 e. The number of hydrogen-bond acceptors (Lipinski definition) is 6. The molecule has 0 aromatic heterocycles. The summed E-state index contributed by atoms with van der Waals surface area (Å²) in [7, 11) is 0. The number of allylic oxidation sites excluding steroid dienone is 1. The molecule has 2 amide bonds. The molecular weight excluding hydrogens is 536 g/mol. The van der Waals surface area contributed by atoms with Crippen molar-refractivity contribution in [3.63, 3.8) is 0 Å². The van der Waals surface area contributed by atoms with Crippen molar-refractivity contribution in [3.05, 3.63) is 12.2 Å². The van der Waals surface area contributed by atoms with Gasteiger partial charge in [-0.2, -0.15) is 0 Å². The maximum atomic E-state index is 12.5. The Morgan fingerprint density at radius 1 is 0.714 bits per heavy atom. The molecule has 0 saturated carbocycles. The van der Waals surface area contributed by atoms with Crippen molar-refractivity contribution in [2.24, 2.45) is 0 Å². The first-order valence-corrected chi connectivity index (χ1v) is 16.6. The summed E-state index contributed by atoms with van der Waals surface area (Å²) in [6, 6.07) is -1.39. The first-order chi connectivity index (χ1) is 20.3. The summed E-state index contributed by atoms with van der Waals surface area (Å²) in [6.07, 6.45) is 25.5. The van der Waals surface area contributed by atoms with Gasteiger partial charge >= 0.3 is 11.9 Å². The molecule has 9 nitrogen and oxygen atoms in total. The van der Waals surface area contributed by atoms with Crippen molar-refractivity contribution < 1.29 is 34.1 Å². The second kappa shape index (κ2) is 28.7. The number of rotatable bonds is 29. The van der Waals surface area contributed by atoms with Gasteiger partial charge < -0.3 is 25.6 Å². The van der Waals surface area contributed by atoms with Crippen LogP contribution in [0.3, 0.4) is 0 Å². The highest BCUT2D eigenvalue weighted by atomic mass is 16.5. The maximum absolute atomic E-state index is 12.5. The van der Waals surface area contributed by atoms with Crippen LogP contribution in [0.5, 0.6) is 0 Å². The molecule has 244 valence electrons. The molecular formula is C33H60N2O7. The molecule has 0 bridgehead atoms. The Balaban J connectivity index is 4.33. The number of carboxylic acids is 1. The Hall–Kier alpha value is -2.42. The third kappa shape index (κ3) is 25.3. The summed E-state index contributed by atoms with van der Waals surface area (Å²) in [5, 5.41) is 22.4. The summed E-state index contributed by atoms with van der Waals surface area (Å²) in [4.78, 5) is 47.0. The standard InChI is InChI=1S/C33H60N2O7/c1-3-5-7-9-11-13-14-18-22-28(42-32(39)25-21-15-12-10-8-6-4-2)23-19-16-17-20-24-30(37)34-26-31(38)35-29(27-36)33(40)41/h18,22,28-29,36H,3-17,19-21,23-27H2,1-2H3,(H,34,37)(H,35,38)(H,40,41)/b22-18-. The van der Waals surface area contributed by atoms with Crippen LogP contribution in [0, 0.1) is 0 Å². The lowest BCUT2D eigenvalue weighted by atomic mass is 10.1. The van der Waals surface area contributed by atoms with Crippen molar-refractivity contribution in [2.45, 2.75) is 161 Å². The van der Waals surface area contributed by atoms with E-state index in [1.807, 2.05) is 0 Å². The first-order valence-electron chi connectivity index (χ1n) is 16.6. The lowest BCUT2D eigenvalue weighted by molar-refractivity contribution is -0.147. The van der Waals surface area contributed by atoms with E-state index >= 15 is 0 Å². The van der Waals surface area contributed by atoms with Gasteiger partial charge in [0.05, 0.1) is 13.2 Å². The minimum atomic E-state index is -1.39. The Labute approximate surface area is 254 Å². The zero-order valence-corrected chi connectivity index (χ0v) is 26.5. The lowest BCUT2D eigenvalue weighted by Gasteiger charge is -2.15. The fourth-order valence-corrected chi connectivity index (χ4v) is 4.62. The van der Waals surface area contributed by atoms with Crippen molar-refractivity contribution in [1.82, 2.24) is 10.6 Å². The van der Waals surface area contributed by atoms with Crippen molar-refractivity contribution in [3.8, 4) is 0 Å². The molecule has 9 heteroatoms. The number of aliphatic hydroxyl groups is 1. The number of aliphatic carboxylic acids is 1. The van der Waals surface area contributed by atoms with Crippen LogP contribution in [0.25, 0.3) is 0 Å². The molecule has 0 spiro atoms. The topological polar surface area (TPSA) is 142 Å². The number of ether oxygens (including phenoxy) is 1. The zero-order chi connectivity index (χ0) is 31.3. The highest BCUT2D eigenvalue weighted by molar-refractivity contribution is 5.87. The number of unbranched alkanes of at least 4 members (excludes halogenated alkanes) is 15. The third-order valence-electron chi connectivity index (χ3n) is 7.25. The maximum Gasteiger partial charge on any atom is 0.328 e. The van der Waals surface area contributed by atoms with Crippen molar-refractivity contribution in [1.29, 1.82) is 0 Å². The number of aliphatic hydroxyl groups excluding tert-OH is 1. The predicted octanol–water partition coefficient (Wildman–Crippen LogP) is 6.36. The highest BCUT2D eigenvalue weighted by Gasteiger charge is 2.18. The smallest absolute Gasteiger partial charge is 0.328 e. The van der Waals surface area contributed by atoms with Crippen LogP contribution in [0.2, 0.25) is 0 Å². The lowest BCUT2D eigenvalue weighted by Crippen LogP contribution is -2.47. The quantitative estimate of drug-likeness (QED) is 0.0447. The molecule has 2 atom stereocenters. The van der Waals surface area contributed by atoms with Gasteiger partial charge in [-0.25, -0.2) is 4.79 Å². The van der Waals surface area contributed by atoms with Crippen LogP contribution in [0.4, 0.5) is 0 Å². The number of hydrogen-bond donors (Lipinski definition) is 4. The normalized spacial score (nSPS) is 12.6. The third-order valence-corrected chi connectivity index (χ3v) is 7.25.